The predicted octanol–water partition coefficient (Wildman–Crippen LogP) is 1.07. The number of esters is 2. The van der Waals surface area contributed by atoms with Crippen molar-refractivity contribution in [3.8, 4) is 0 Å². The van der Waals surface area contributed by atoms with Crippen molar-refractivity contribution >= 4 is 11.9 Å². The number of pyridine rings is 1. The minimum atomic E-state index is -1.61. The van der Waals surface area contributed by atoms with Gasteiger partial charge in [0, 0.05) is 24.9 Å². The first-order valence-corrected chi connectivity index (χ1v) is 8.92. The smallest absolute Gasteiger partial charge is 0.355 e. The van der Waals surface area contributed by atoms with Gasteiger partial charge in [0.15, 0.2) is 0 Å². The molecule has 26 heavy (non-hydrogen) atoms. The molecular weight excluding hydrogens is 342 g/mol. The van der Waals surface area contributed by atoms with Gasteiger partial charge < -0.3 is 23.5 Å². The summed E-state index contributed by atoms with van der Waals surface area (Å²) in [6.45, 7) is 4.58. The van der Waals surface area contributed by atoms with E-state index in [1.54, 1.807) is 24.5 Å². The Kier molecular flexibility index (Phi) is 3.92. The van der Waals surface area contributed by atoms with Gasteiger partial charge >= 0.3 is 11.9 Å². The van der Waals surface area contributed by atoms with E-state index in [-0.39, 0.29) is 25.0 Å². The molecule has 1 fully saturated rings. The van der Waals surface area contributed by atoms with Crippen molar-refractivity contribution in [2.45, 2.75) is 57.6 Å². The summed E-state index contributed by atoms with van der Waals surface area (Å²) in [7, 11) is 0. The SMILES string of the molecule is CCC(=O)O[C@]1(CC)C(=O)OCc2c1cc1n(c2=O)CCC12OCCO2. The van der Waals surface area contributed by atoms with Gasteiger partial charge in [0.25, 0.3) is 5.56 Å². The van der Waals surface area contributed by atoms with Crippen LogP contribution in [0.3, 0.4) is 0 Å². The highest BCUT2D eigenvalue weighted by Crippen LogP contribution is 2.44. The van der Waals surface area contributed by atoms with Crippen LogP contribution in [0, 0.1) is 0 Å². The first kappa shape index (κ1) is 17.2. The molecule has 1 aromatic rings. The molecule has 0 unspecified atom stereocenters. The summed E-state index contributed by atoms with van der Waals surface area (Å²) in [6, 6.07) is 1.72. The van der Waals surface area contributed by atoms with E-state index >= 15 is 0 Å². The number of carbonyl (C=O) groups is 2. The minimum absolute atomic E-state index is 0.116. The average molecular weight is 363 g/mol. The zero-order valence-corrected chi connectivity index (χ0v) is 14.8. The monoisotopic (exact) mass is 363 g/mol. The van der Waals surface area contributed by atoms with Crippen molar-refractivity contribution < 1.29 is 28.5 Å². The molecule has 0 aromatic carbocycles. The van der Waals surface area contributed by atoms with Crippen LogP contribution in [0.4, 0.5) is 0 Å². The molecule has 0 saturated carbocycles. The molecule has 0 N–H and O–H groups in total. The standard InChI is InChI=1S/C18H21NO7/c1-3-14(20)26-17(4-2)12-9-13-18(24-7-8-25-18)5-6-19(13)15(21)11(12)10-23-16(17)22/h9H,3-8,10H2,1-2H3/t17-/m0/s1. The highest BCUT2D eigenvalue weighted by Gasteiger charge is 2.53. The molecule has 3 aliphatic heterocycles. The zero-order valence-electron chi connectivity index (χ0n) is 14.8. The summed E-state index contributed by atoms with van der Waals surface area (Å²) in [4.78, 5) is 37.7. The molecule has 0 amide bonds. The number of ether oxygens (including phenoxy) is 4. The number of carbonyl (C=O) groups excluding carboxylic acids is 2. The molecule has 1 aromatic heterocycles. The number of cyclic esters (lactones) is 1. The molecule has 3 aliphatic rings. The zero-order chi connectivity index (χ0) is 18.5. The molecule has 1 saturated heterocycles. The van der Waals surface area contributed by atoms with Crippen LogP contribution in [-0.4, -0.2) is 29.7 Å². The highest BCUT2D eigenvalue weighted by atomic mass is 16.7. The van der Waals surface area contributed by atoms with Crippen molar-refractivity contribution in [2.24, 2.45) is 0 Å². The van der Waals surface area contributed by atoms with E-state index in [0.717, 1.165) is 0 Å². The van der Waals surface area contributed by atoms with Crippen LogP contribution in [-0.2, 0) is 53.1 Å². The molecular formula is C18H21NO7. The fourth-order valence-electron chi connectivity index (χ4n) is 4.00. The molecule has 140 valence electrons. The van der Waals surface area contributed by atoms with Crippen LogP contribution in [0.1, 0.15) is 49.9 Å². The Morgan fingerprint density at radius 2 is 2.00 bits per heavy atom. The van der Waals surface area contributed by atoms with Gasteiger partial charge in [-0.2, -0.15) is 0 Å². The van der Waals surface area contributed by atoms with Gasteiger partial charge in [0.2, 0.25) is 11.4 Å². The fraction of sp³-hybridized carbons (Fsp3) is 0.611. The molecule has 8 heteroatoms. The van der Waals surface area contributed by atoms with Crippen molar-refractivity contribution in [1.82, 2.24) is 4.57 Å². The second kappa shape index (κ2) is 5.92. The largest absolute Gasteiger partial charge is 0.457 e. The molecule has 1 atom stereocenters. The van der Waals surface area contributed by atoms with Crippen LogP contribution in [0.25, 0.3) is 0 Å². The molecule has 0 aliphatic carbocycles. The van der Waals surface area contributed by atoms with E-state index in [4.69, 9.17) is 18.9 Å². The average Bonchev–Trinajstić information content (AvgIpc) is 3.26. The van der Waals surface area contributed by atoms with E-state index < -0.39 is 23.3 Å². The van der Waals surface area contributed by atoms with Gasteiger partial charge in [-0.25, -0.2) is 4.79 Å². The molecule has 4 heterocycles. The summed E-state index contributed by atoms with van der Waals surface area (Å²) in [5.41, 5.74) is -0.577. The Bertz CT molecular complexity index is 837. The normalized spacial score (nSPS) is 25.7. The van der Waals surface area contributed by atoms with Crippen LogP contribution in [0.5, 0.6) is 0 Å². The second-order valence-corrected chi connectivity index (χ2v) is 6.66. The number of rotatable bonds is 3. The number of aromatic nitrogens is 1. The third-order valence-electron chi connectivity index (χ3n) is 5.40. The number of hydrogen-bond acceptors (Lipinski definition) is 7. The molecule has 1 spiro atoms. The number of nitrogens with zero attached hydrogens (tertiary/aromatic N) is 1. The van der Waals surface area contributed by atoms with Crippen molar-refractivity contribution in [3.63, 3.8) is 0 Å². The van der Waals surface area contributed by atoms with Gasteiger partial charge in [-0.3, -0.25) is 9.59 Å². The Morgan fingerprint density at radius 1 is 1.27 bits per heavy atom. The third-order valence-corrected chi connectivity index (χ3v) is 5.40. The summed E-state index contributed by atoms with van der Waals surface area (Å²) in [5.74, 6) is -2.15. The topological polar surface area (TPSA) is 93.1 Å². The maximum absolute atomic E-state index is 13.0. The maximum Gasteiger partial charge on any atom is 0.355 e. The van der Waals surface area contributed by atoms with E-state index in [1.165, 1.54) is 0 Å². The highest BCUT2D eigenvalue weighted by molar-refractivity contribution is 5.86. The minimum Gasteiger partial charge on any atom is -0.457 e. The van der Waals surface area contributed by atoms with E-state index in [2.05, 4.69) is 0 Å². The molecule has 8 nitrogen and oxygen atoms in total. The van der Waals surface area contributed by atoms with Crippen LogP contribution in [0.15, 0.2) is 10.9 Å². The van der Waals surface area contributed by atoms with Gasteiger partial charge in [-0.15, -0.1) is 0 Å². The Labute approximate surface area is 150 Å². The molecule has 0 radical (unpaired) electrons. The van der Waals surface area contributed by atoms with Crippen molar-refractivity contribution in [1.29, 1.82) is 0 Å². The summed E-state index contributed by atoms with van der Waals surface area (Å²) in [6.07, 6.45) is 0.806. The molecule has 4 rings (SSSR count). The van der Waals surface area contributed by atoms with Crippen LogP contribution < -0.4 is 5.56 Å². The lowest BCUT2D eigenvalue weighted by Crippen LogP contribution is -2.48. The summed E-state index contributed by atoms with van der Waals surface area (Å²) in [5, 5.41) is 0. The van der Waals surface area contributed by atoms with E-state index in [0.29, 0.717) is 43.0 Å². The van der Waals surface area contributed by atoms with Gasteiger partial charge in [0.1, 0.15) is 6.61 Å². The van der Waals surface area contributed by atoms with Gasteiger partial charge in [-0.1, -0.05) is 13.8 Å². The van der Waals surface area contributed by atoms with Gasteiger partial charge in [0.05, 0.1) is 24.5 Å². The summed E-state index contributed by atoms with van der Waals surface area (Å²) >= 11 is 0. The molecule has 0 bridgehead atoms. The Balaban J connectivity index is 1.94. The van der Waals surface area contributed by atoms with Crippen LogP contribution >= 0.6 is 0 Å². The lowest BCUT2D eigenvalue weighted by atomic mass is 9.85. The van der Waals surface area contributed by atoms with E-state index in [9.17, 15) is 14.4 Å². The maximum atomic E-state index is 13.0. The predicted molar refractivity (Wildman–Crippen MR) is 87.0 cm³/mol. The van der Waals surface area contributed by atoms with E-state index in [1.807, 2.05) is 0 Å². The first-order valence-electron chi connectivity index (χ1n) is 8.92. The van der Waals surface area contributed by atoms with Crippen LogP contribution in [0.2, 0.25) is 0 Å². The lowest BCUT2D eigenvalue weighted by molar-refractivity contribution is -0.189. The number of hydrogen-bond donors (Lipinski definition) is 0. The van der Waals surface area contributed by atoms with Crippen molar-refractivity contribution in [3.05, 3.63) is 33.2 Å². The second-order valence-electron chi connectivity index (χ2n) is 6.66. The first-order chi connectivity index (χ1) is 12.5. The summed E-state index contributed by atoms with van der Waals surface area (Å²) < 4.78 is 24.0. The lowest BCUT2D eigenvalue weighted by Gasteiger charge is -2.36. The Hall–Kier alpha value is -2.19. The third kappa shape index (κ3) is 2.18. The quantitative estimate of drug-likeness (QED) is 0.742. The fourth-order valence-corrected chi connectivity index (χ4v) is 4.00. The van der Waals surface area contributed by atoms with Gasteiger partial charge in [-0.05, 0) is 12.5 Å². The number of fused-ring (bicyclic) bond motifs is 3. The van der Waals surface area contributed by atoms with Crippen molar-refractivity contribution in [2.75, 3.05) is 13.2 Å². The Morgan fingerprint density at radius 3 is 2.65 bits per heavy atom.